The minimum absolute atomic E-state index is 0.675. The first-order valence-electron chi connectivity index (χ1n) is 9.63. The van der Waals surface area contributed by atoms with Gasteiger partial charge in [-0.2, -0.15) is 4.37 Å². The Morgan fingerprint density at radius 2 is 1.93 bits per heavy atom. The van der Waals surface area contributed by atoms with Crippen LogP contribution in [0.2, 0.25) is 0 Å². The molecule has 0 radical (unpaired) electrons. The Balaban J connectivity index is 0.000000469. The summed E-state index contributed by atoms with van der Waals surface area (Å²) in [5.74, 6) is -2.95. The molecule has 0 fully saturated rings. The fourth-order valence-corrected chi connectivity index (χ4v) is 3.63. The summed E-state index contributed by atoms with van der Waals surface area (Å²) in [6, 6.07) is 6.64. The van der Waals surface area contributed by atoms with Crippen LogP contribution < -0.4 is 4.74 Å². The van der Waals surface area contributed by atoms with Crippen molar-refractivity contribution in [3.05, 3.63) is 46.7 Å². The normalized spacial score (nSPS) is 13.8. The Hall–Kier alpha value is -2.78. The van der Waals surface area contributed by atoms with Gasteiger partial charge < -0.3 is 19.8 Å². The number of carbonyl (C=O) groups is 2. The van der Waals surface area contributed by atoms with Crippen molar-refractivity contribution < 1.29 is 24.5 Å². The fraction of sp³-hybridized carbons (Fsp3) is 0.429. The van der Waals surface area contributed by atoms with Crippen LogP contribution in [0.5, 0.6) is 5.88 Å². The molecule has 0 bridgehead atoms. The number of nitrogens with zero attached hydrogens (tertiary/aromatic N) is 3. The highest BCUT2D eigenvalue weighted by Crippen LogP contribution is 2.27. The van der Waals surface area contributed by atoms with Gasteiger partial charge in [0.15, 0.2) is 0 Å². The summed E-state index contributed by atoms with van der Waals surface area (Å²) < 4.78 is 14.7. The van der Waals surface area contributed by atoms with E-state index in [-0.39, 0.29) is 0 Å². The van der Waals surface area contributed by atoms with Crippen molar-refractivity contribution in [2.45, 2.75) is 33.1 Å². The molecule has 1 aromatic heterocycles. The van der Waals surface area contributed by atoms with Crippen LogP contribution in [-0.2, 0) is 16.0 Å². The number of aromatic nitrogens is 2. The predicted molar refractivity (Wildman–Crippen MR) is 115 cm³/mol. The molecule has 1 aromatic carbocycles. The van der Waals surface area contributed by atoms with E-state index in [1.807, 2.05) is 0 Å². The molecule has 9 heteroatoms. The van der Waals surface area contributed by atoms with Gasteiger partial charge in [-0.3, -0.25) is 0 Å². The Kier molecular flexibility index (Phi) is 8.94. The zero-order valence-electron chi connectivity index (χ0n) is 17.4. The lowest BCUT2D eigenvalue weighted by atomic mass is 10.0. The van der Waals surface area contributed by atoms with Crippen molar-refractivity contribution in [2.75, 3.05) is 26.7 Å². The van der Waals surface area contributed by atoms with E-state index in [1.165, 1.54) is 34.0 Å². The molecule has 8 nitrogen and oxygen atoms in total. The third kappa shape index (κ3) is 7.23. The van der Waals surface area contributed by atoms with E-state index in [4.69, 9.17) is 24.5 Å². The van der Waals surface area contributed by atoms with Gasteiger partial charge in [0.2, 0.25) is 0 Å². The Morgan fingerprint density at radius 3 is 2.57 bits per heavy atom. The maximum atomic E-state index is 9.10. The van der Waals surface area contributed by atoms with Gasteiger partial charge in [0.05, 0.1) is 18.3 Å². The average molecular weight is 434 g/mol. The highest BCUT2D eigenvalue weighted by Gasteiger charge is 2.18. The summed E-state index contributed by atoms with van der Waals surface area (Å²) in [5, 5.41) is 14.8. The van der Waals surface area contributed by atoms with Crippen molar-refractivity contribution in [3.8, 4) is 5.88 Å². The SMILES string of the molecule is Cc1ccc(CCCOc2nsnc2C2=CCCN(C)C2)c(C)c1.O=C(O)C(=O)O. The number of aliphatic carboxylic acids is 2. The first-order chi connectivity index (χ1) is 14.3. The Morgan fingerprint density at radius 1 is 1.20 bits per heavy atom. The second kappa shape index (κ2) is 11.4. The van der Waals surface area contributed by atoms with Gasteiger partial charge in [-0.25, -0.2) is 9.59 Å². The number of carboxylic acids is 2. The van der Waals surface area contributed by atoms with Crippen LogP contribution >= 0.6 is 11.7 Å². The Bertz CT molecular complexity index is 898. The summed E-state index contributed by atoms with van der Waals surface area (Å²) in [6.45, 7) is 7.01. The standard InChI is InChI=1S/C19H25N3OS.C2H2O4/c1-14-8-9-16(15(2)12-14)7-5-11-23-19-18(20-24-21-19)17-6-4-10-22(3)13-17;3-1(4)2(5)6/h6,8-9,12H,4-5,7,10-11,13H2,1-3H3;(H,3,4)(H,5,6). The molecule has 1 aliphatic heterocycles. The van der Waals surface area contributed by atoms with Gasteiger partial charge in [-0.05, 0) is 56.9 Å². The molecule has 2 N–H and O–H groups in total. The molecule has 30 heavy (non-hydrogen) atoms. The van der Waals surface area contributed by atoms with Crippen LogP contribution in [0.15, 0.2) is 24.3 Å². The van der Waals surface area contributed by atoms with E-state index < -0.39 is 11.9 Å². The lowest BCUT2D eigenvalue weighted by molar-refractivity contribution is -0.159. The zero-order chi connectivity index (χ0) is 22.1. The van der Waals surface area contributed by atoms with Crippen LogP contribution in [0.25, 0.3) is 5.57 Å². The first kappa shape index (κ1) is 23.5. The van der Waals surface area contributed by atoms with Crippen LogP contribution in [0.3, 0.4) is 0 Å². The van der Waals surface area contributed by atoms with E-state index in [2.05, 4.69) is 58.8 Å². The number of ether oxygens (including phenoxy) is 1. The van der Waals surface area contributed by atoms with Crippen molar-refractivity contribution >= 4 is 29.2 Å². The lowest BCUT2D eigenvalue weighted by Crippen LogP contribution is -2.25. The maximum absolute atomic E-state index is 9.10. The molecule has 2 aromatic rings. The molecular formula is C21H27N3O5S. The van der Waals surface area contributed by atoms with Crippen LogP contribution in [-0.4, -0.2) is 62.5 Å². The number of carboxylic acid groups (broad SMARTS) is 2. The van der Waals surface area contributed by atoms with Gasteiger partial charge in [0, 0.05) is 13.1 Å². The lowest BCUT2D eigenvalue weighted by Gasteiger charge is -2.22. The van der Waals surface area contributed by atoms with Crippen LogP contribution in [0, 0.1) is 13.8 Å². The van der Waals surface area contributed by atoms with Gasteiger partial charge in [0.25, 0.3) is 5.88 Å². The molecule has 0 saturated heterocycles. The van der Waals surface area contributed by atoms with E-state index in [0.29, 0.717) is 12.5 Å². The first-order valence-corrected chi connectivity index (χ1v) is 10.4. The molecule has 0 saturated carbocycles. The van der Waals surface area contributed by atoms with E-state index in [9.17, 15) is 0 Å². The number of aryl methyl sites for hydroxylation is 3. The zero-order valence-corrected chi connectivity index (χ0v) is 18.2. The molecule has 0 aliphatic carbocycles. The molecule has 162 valence electrons. The van der Waals surface area contributed by atoms with Crippen LogP contribution in [0.1, 0.15) is 35.2 Å². The van der Waals surface area contributed by atoms with Crippen molar-refractivity contribution in [1.29, 1.82) is 0 Å². The molecule has 0 amide bonds. The number of benzene rings is 1. The van der Waals surface area contributed by atoms with Gasteiger partial charge >= 0.3 is 11.9 Å². The molecule has 0 unspecified atom stereocenters. The molecule has 0 atom stereocenters. The van der Waals surface area contributed by atoms with Gasteiger partial charge in [0.1, 0.15) is 5.69 Å². The van der Waals surface area contributed by atoms with Crippen molar-refractivity contribution in [1.82, 2.24) is 13.6 Å². The second-order valence-electron chi connectivity index (χ2n) is 7.17. The number of likely N-dealkylation sites (N-methyl/N-ethyl adjacent to an activating group) is 1. The summed E-state index contributed by atoms with van der Waals surface area (Å²) >= 11 is 1.24. The minimum Gasteiger partial charge on any atom is -0.475 e. The highest BCUT2D eigenvalue weighted by atomic mass is 32.1. The van der Waals surface area contributed by atoms with Gasteiger partial charge in [-0.1, -0.05) is 29.8 Å². The third-order valence-electron chi connectivity index (χ3n) is 4.61. The smallest absolute Gasteiger partial charge is 0.414 e. The second-order valence-corrected chi connectivity index (χ2v) is 7.69. The predicted octanol–water partition coefficient (Wildman–Crippen LogP) is 3.04. The molecule has 1 aliphatic rings. The van der Waals surface area contributed by atoms with Crippen molar-refractivity contribution in [3.63, 3.8) is 0 Å². The third-order valence-corrected chi connectivity index (χ3v) is 5.13. The van der Waals surface area contributed by atoms with Crippen LogP contribution in [0.4, 0.5) is 0 Å². The molecular weight excluding hydrogens is 406 g/mol. The quantitative estimate of drug-likeness (QED) is 0.528. The summed E-state index contributed by atoms with van der Waals surface area (Å²) in [5.41, 5.74) is 6.25. The van der Waals surface area contributed by atoms with Gasteiger partial charge in [-0.15, -0.1) is 4.37 Å². The van der Waals surface area contributed by atoms with E-state index in [0.717, 1.165) is 38.0 Å². The summed E-state index contributed by atoms with van der Waals surface area (Å²) in [4.78, 5) is 20.5. The largest absolute Gasteiger partial charge is 0.475 e. The maximum Gasteiger partial charge on any atom is 0.414 e. The van der Waals surface area contributed by atoms with E-state index in [1.54, 1.807) is 0 Å². The number of rotatable bonds is 6. The van der Waals surface area contributed by atoms with Crippen molar-refractivity contribution in [2.24, 2.45) is 0 Å². The fourth-order valence-electron chi connectivity index (χ4n) is 3.09. The summed E-state index contributed by atoms with van der Waals surface area (Å²) in [7, 11) is 2.14. The molecule has 3 rings (SSSR count). The topological polar surface area (TPSA) is 113 Å². The highest BCUT2D eigenvalue weighted by molar-refractivity contribution is 6.99. The Labute approximate surface area is 180 Å². The molecule has 2 heterocycles. The number of hydrogen-bond acceptors (Lipinski definition) is 7. The minimum atomic E-state index is -1.82. The average Bonchev–Trinajstić information content (AvgIpc) is 3.15. The number of hydrogen-bond donors (Lipinski definition) is 2. The molecule has 0 spiro atoms. The summed E-state index contributed by atoms with van der Waals surface area (Å²) in [6.07, 6.45) is 5.35. The van der Waals surface area contributed by atoms with E-state index >= 15 is 0 Å². The monoisotopic (exact) mass is 433 g/mol.